The summed E-state index contributed by atoms with van der Waals surface area (Å²) in [6.07, 6.45) is 3.98. The number of benzene rings is 1. The van der Waals surface area contributed by atoms with Gasteiger partial charge in [0.05, 0.1) is 12.7 Å². The van der Waals surface area contributed by atoms with E-state index >= 15 is 0 Å². The summed E-state index contributed by atoms with van der Waals surface area (Å²) in [5.74, 6) is -0.0201. The Morgan fingerprint density at radius 1 is 1.31 bits per heavy atom. The number of aromatic nitrogens is 2. The average Bonchev–Trinajstić information content (AvgIpc) is 3.25. The van der Waals surface area contributed by atoms with Crippen molar-refractivity contribution in [1.29, 1.82) is 0 Å². The van der Waals surface area contributed by atoms with E-state index in [1.54, 1.807) is 0 Å². The number of fused-ring (bicyclic) bond motifs is 3. The number of nitrogens with zero attached hydrogens (tertiary/aromatic N) is 3. The number of aliphatic hydroxyl groups is 1. The van der Waals surface area contributed by atoms with Crippen molar-refractivity contribution < 1.29 is 23.2 Å². The number of ether oxygens (including phenoxy) is 1. The molecule has 1 aliphatic heterocycles. The predicted octanol–water partition coefficient (Wildman–Crippen LogP) is 1.30. The fourth-order valence-electron chi connectivity index (χ4n) is 4.23. The van der Waals surface area contributed by atoms with Crippen LogP contribution in [-0.2, 0) is 42.1 Å². The molecule has 11 heteroatoms. The van der Waals surface area contributed by atoms with Crippen molar-refractivity contribution in [3.8, 4) is 5.88 Å². The Morgan fingerprint density at radius 2 is 2.00 bits per heavy atom. The summed E-state index contributed by atoms with van der Waals surface area (Å²) in [6, 6.07) is -0.858. The van der Waals surface area contributed by atoms with Crippen molar-refractivity contribution >= 4 is 21.6 Å². The third kappa shape index (κ3) is 2.92. The molecule has 2 atom stereocenters. The molecule has 5 rings (SSSR count). The van der Waals surface area contributed by atoms with Crippen LogP contribution in [0.15, 0.2) is 15.5 Å². The van der Waals surface area contributed by atoms with Crippen molar-refractivity contribution in [1.82, 2.24) is 9.78 Å². The van der Waals surface area contributed by atoms with Gasteiger partial charge in [-0.1, -0.05) is 0 Å². The van der Waals surface area contributed by atoms with Crippen LogP contribution in [0.4, 0.5) is 14.9 Å². The van der Waals surface area contributed by atoms with Gasteiger partial charge in [-0.3, -0.25) is 0 Å². The molecule has 154 valence electrons. The number of aliphatic hydroxyl groups excluding tert-OH is 1. The summed E-state index contributed by atoms with van der Waals surface area (Å²) in [5.41, 5.74) is 3.47. The van der Waals surface area contributed by atoms with Crippen molar-refractivity contribution in [2.24, 2.45) is 9.50 Å². The molecule has 29 heavy (non-hydrogen) atoms. The number of nitrogens with one attached hydrogen (secondary N) is 1. The number of hydrogen-bond donors (Lipinski definition) is 3. The van der Waals surface area contributed by atoms with Crippen LogP contribution >= 0.6 is 0 Å². The first-order valence-electron chi connectivity index (χ1n) is 9.42. The molecule has 2 heterocycles. The first-order valence-corrected chi connectivity index (χ1v) is 11.0. The normalized spacial score (nSPS) is 21.1. The summed E-state index contributed by atoms with van der Waals surface area (Å²) >= 11 is 0. The minimum Gasteiger partial charge on any atom is -0.474 e. The van der Waals surface area contributed by atoms with Crippen LogP contribution in [-0.4, -0.2) is 37.8 Å². The van der Waals surface area contributed by atoms with Crippen molar-refractivity contribution in [2.45, 2.75) is 49.6 Å². The number of urea groups is 1. The van der Waals surface area contributed by atoms with Crippen LogP contribution in [0.25, 0.3) is 0 Å². The van der Waals surface area contributed by atoms with E-state index in [0.29, 0.717) is 42.5 Å². The van der Waals surface area contributed by atoms with E-state index in [0.717, 1.165) is 17.5 Å². The smallest absolute Gasteiger partial charge is 0.354 e. The number of rotatable bonds is 2. The topological polar surface area (TPSA) is 132 Å². The second kappa shape index (κ2) is 6.51. The summed E-state index contributed by atoms with van der Waals surface area (Å²) in [7, 11) is -3.62. The van der Waals surface area contributed by atoms with Gasteiger partial charge in [0, 0.05) is 5.69 Å². The van der Waals surface area contributed by atoms with E-state index in [4.69, 9.17) is 9.88 Å². The number of amides is 2. The lowest BCUT2D eigenvalue weighted by Gasteiger charge is -2.26. The van der Waals surface area contributed by atoms with Gasteiger partial charge in [-0.2, -0.15) is 5.10 Å². The molecule has 3 aliphatic rings. The SMILES string of the molecule is NS(=O)(=NC(=O)Nc1c2c(c(F)c3c1CC3)CCC2)c1cnn2c1OCC(O)C2. The van der Waals surface area contributed by atoms with Gasteiger partial charge >= 0.3 is 6.03 Å². The Balaban J connectivity index is 1.47. The molecule has 2 aromatic rings. The zero-order valence-corrected chi connectivity index (χ0v) is 16.3. The third-order valence-electron chi connectivity index (χ3n) is 5.66. The molecule has 0 bridgehead atoms. The zero-order chi connectivity index (χ0) is 20.3. The molecular formula is C18H20FN5O4S. The quantitative estimate of drug-likeness (QED) is 0.672. The molecule has 0 saturated heterocycles. The number of nitrogens with two attached hydrogens (primary N) is 1. The van der Waals surface area contributed by atoms with E-state index in [-0.39, 0.29) is 29.7 Å². The number of carbonyl (C=O) groups is 1. The van der Waals surface area contributed by atoms with Gasteiger partial charge in [-0.15, -0.1) is 4.36 Å². The van der Waals surface area contributed by atoms with Gasteiger partial charge in [-0.05, 0) is 54.4 Å². The highest BCUT2D eigenvalue weighted by Crippen LogP contribution is 2.42. The van der Waals surface area contributed by atoms with Crippen LogP contribution in [0.1, 0.15) is 28.7 Å². The maximum absolute atomic E-state index is 14.5. The van der Waals surface area contributed by atoms with Gasteiger partial charge in [0.2, 0.25) is 5.88 Å². The fourth-order valence-corrected chi connectivity index (χ4v) is 5.24. The molecule has 2 amide bonds. The third-order valence-corrected chi connectivity index (χ3v) is 7.01. The minimum absolute atomic E-state index is 0.00288. The largest absolute Gasteiger partial charge is 0.474 e. The Bertz CT molecular complexity index is 1170. The van der Waals surface area contributed by atoms with E-state index in [1.807, 2.05) is 0 Å². The molecule has 0 saturated carbocycles. The standard InChI is InChI=1S/C18H20FN5O4S/c19-15-10-2-1-3-12(10)16(13-5-4-11(13)15)22-18(26)23-29(20,27)14-6-21-24-7-9(25)8-28-17(14)24/h6,9,25H,1-5,7-8H2,(H3,20,22,23,26,27). The lowest BCUT2D eigenvalue weighted by Crippen LogP contribution is -2.31. The molecule has 0 spiro atoms. The maximum atomic E-state index is 14.5. The Hall–Kier alpha value is -2.50. The Labute approximate surface area is 166 Å². The van der Waals surface area contributed by atoms with Gasteiger partial charge in [0.25, 0.3) is 0 Å². The summed E-state index contributed by atoms with van der Waals surface area (Å²) in [6.45, 7) is 0.180. The molecule has 0 radical (unpaired) electrons. The van der Waals surface area contributed by atoms with Crippen molar-refractivity contribution in [2.75, 3.05) is 11.9 Å². The van der Waals surface area contributed by atoms with Crippen LogP contribution in [0, 0.1) is 5.82 Å². The van der Waals surface area contributed by atoms with E-state index in [9.17, 15) is 18.5 Å². The molecule has 9 nitrogen and oxygen atoms in total. The van der Waals surface area contributed by atoms with E-state index in [1.165, 1.54) is 10.9 Å². The first-order chi connectivity index (χ1) is 13.8. The van der Waals surface area contributed by atoms with E-state index < -0.39 is 22.1 Å². The summed E-state index contributed by atoms with van der Waals surface area (Å²) in [5, 5.41) is 22.2. The van der Waals surface area contributed by atoms with Crippen molar-refractivity contribution in [3.05, 3.63) is 34.3 Å². The zero-order valence-electron chi connectivity index (χ0n) is 15.5. The molecule has 2 aliphatic carbocycles. The van der Waals surface area contributed by atoms with Gasteiger partial charge in [-0.25, -0.2) is 23.2 Å². The van der Waals surface area contributed by atoms with Crippen molar-refractivity contribution in [3.63, 3.8) is 0 Å². The van der Waals surface area contributed by atoms with Crippen LogP contribution in [0.3, 0.4) is 0 Å². The highest BCUT2D eigenvalue weighted by Gasteiger charge is 2.32. The lowest BCUT2D eigenvalue weighted by atomic mass is 9.83. The van der Waals surface area contributed by atoms with Gasteiger partial charge in [0.1, 0.15) is 23.4 Å². The van der Waals surface area contributed by atoms with Crippen LogP contribution in [0.2, 0.25) is 0 Å². The maximum Gasteiger partial charge on any atom is 0.354 e. The Kier molecular flexibility index (Phi) is 4.16. The summed E-state index contributed by atoms with van der Waals surface area (Å²) < 4.78 is 37.9. The van der Waals surface area contributed by atoms with Crippen LogP contribution in [0.5, 0.6) is 5.88 Å². The van der Waals surface area contributed by atoms with Crippen LogP contribution < -0.4 is 15.2 Å². The molecule has 4 N–H and O–H groups in total. The number of halogens is 1. The second-order valence-corrected chi connectivity index (χ2v) is 9.27. The predicted molar refractivity (Wildman–Crippen MR) is 102 cm³/mol. The van der Waals surface area contributed by atoms with Gasteiger partial charge < -0.3 is 15.2 Å². The second-order valence-electron chi connectivity index (χ2n) is 7.51. The molecule has 1 aromatic heterocycles. The molecule has 0 fully saturated rings. The minimum atomic E-state index is -3.62. The first kappa shape index (κ1) is 18.5. The van der Waals surface area contributed by atoms with E-state index in [2.05, 4.69) is 14.8 Å². The average molecular weight is 421 g/mol. The number of carbonyl (C=O) groups excluding carboxylic acids is 1. The van der Waals surface area contributed by atoms with Gasteiger partial charge in [0.15, 0.2) is 9.92 Å². The molecule has 2 unspecified atom stereocenters. The molecule has 1 aromatic carbocycles. The highest BCUT2D eigenvalue weighted by molar-refractivity contribution is 7.91. The Morgan fingerprint density at radius 3 is 2.76 bits per heavy atom. The highest BCUT2D eigenvalue weighted by atomic mass is 32.2. The fraction of sp³-hybridized carbons (Fsp3) is 0.444. The lowest BCUT2D eigenvalue weighted by molar-refractivity contribution is 0.0538. The monoisotopic (exact) mass is 421 g/mol. The summed E-state index contributed by atoms with van der Waals surface area (Å²) in [4.78, 5) is 12.6. The number of hydrogen-bond acceptors (Lipinski definition) is 5. The molecular weight excluding hydrogens is 401 g/mol. The number of anilines is 1.